The Kier molecular flexibility index (Phi) is 4.69. The quantitative estimate of drug-likeness (QED) is 0.470. The van der Waals surface area contributed by atoms with Crippen LogP contribution in [0.2, 0.25) is 0 Å². The van der Waals surface area contributed by atoms with Crippen molar-refractivity contribution in [2.24, 2.45) is 0 Å². The molecule has 1 fully saturated rings. The number of carbonyl (C=O) groups is 1. The first-order chi connectivity index (χ1) is 10.1. The molecule has 0 N–H and O–H groups in total. The van der Waals surface area contributed by atoms with Crippen LogP contribution in [-0.2, 0) is 9.47 Å². The van der Waals surface area contributed by atoms with E-state index in [9.17, 15) is 14.9 Å². The summed E-state index contributed by atoms with van der Waals surface area (Å²) in [6.45, 7) is 1.19. The number of ether oxygens (including phenoxy) is 2. The number of nitro groups is 1. The summed E-state index contributed by atoms with van der Waals surface area (Å²) in [5.74, 6) is -0.407. The number of piperidine rings is 1. The Morgan fingerprint density at radius 2 is 2.05 bits per heavy atom. The Morgan fingerprint density at radius 1 is 1.38 bits per heavy atom. The average molecular weight is 295 g/mol. The van der Waals surface area contributed by atoms with Gasteiger partial charge in [-0.25, -0.2) is 9.78 Å². The topological polar surface area (TPSA) is 94.8 Å². The molecule has 21 heavy (non-hydrogen) atoms. The highest BCUT2D eigenvalue weighted by atomic mass is 16.6. The highest BCUT2D eigenvalue weighted by Gasteiger charge is 2.27. The number of pyridine rings is 1. The Labute approximate surface area is 121 Å². The Morgan fingerprint density at radius 3 is 2.57 bits per heavy atom. The van der Waals surface area contributed by atoms with Crippen LogP contribution < -0.4 is 4.90 Å². The van der Waals surface area contributed by atoms with E-state index in [1.807, 2.05) is 0 Å². The van der Waals surface area contributed by atoms with Crippen LogP contribution in [0, 0.1) is 10.1 Å². The van der Waals surface area contributed by atoms with Gasteiger partial charge in [-0.3, -0.25) is 10.1 Å². The zero-order chi connectivity index (χ0) is 15.4. The summed E-state index contributed by atoms with van der Waals surface area (Å²) in [6, 6.07) is 2.59. The minimum Gasteiger partial charge on any atom is -0.464 e. The molecule has 0 unspecified atom stereocenters. The van der Waals surface area contributed by atoms with E-state index in [4.69, 9.17) is 4.74 Å². The van der Waals surface area contributed by atoms with E-state index >= 15 is 0 Å². The smallest absolute Gasteiger partial charge is 0.356 e. The molecular weight excluding hydrogens is 278 g/mol. The number of esters is 1. The van der Waals surface area contributed by atoms with Crippen LogP contribution in [0.3, 0.4) is 0 Å². The van der Waals surface area contributed by atoms with Gasteiger partial charge >= 0.3 is 11.7 Å². The number of hydrogen-bond donors (Lipinski definition) is 0. The molecule has 2 rings (SSSR count). The summed E-state index contributed by atoms with van der Waals surface area (Å²) in [6.07, 6.45) is 1.68. The van der Waals surface area contributed by atoms with Crippen molar-refractivity contribution >= 4 is 17.5 Å². The second-order valence-electron chi connectivity index (χ2n) is 4.71. The summed E-state index contributed by atoms with van der Waals surface area (Å²) in [4.78, 5) is 28.1. The van der Waals surface area contributed by atoms with Crippen molar-refractivity contribution < 1.29 is 19.2 Å². The standard InChI is InChI=1S/C13H17N3O5/c1-20-9-5-7-15(8-6-9)12-11(16(18)19)4-3-10(14-12)13(17)21-2/h3-4,9H,5-8H2,1-2H3. The van der Waals surface area contributed by atoms with Crippen molar-refractivity contribution in [1.29, 1.82) is 0 Å². The minimum atomic E-state index is -0.613. The van der Waals surface area contributed by atoms with Crippen LogP contribution >= 0.6 is 0 Å². The molecule has 0 radical (unpaired) electrons. The van der Waals surface area contributed by atoms with Gasteiger partial charge in [-0.05, 0) is 18.9 Å². The van der Waals surface area contributed by atoms with Gasteiger partial charge in [-0.15, -0.1) is 0 Å². The zero-order valence-electron chi connectivity index (χ0n) is 11.9. The van der Waals surface area contributed by atoms with Crippen molar-refractivity contribution in [3.05, 3.63) is 27.9 Å². The average Bonchev–Trinajstić information content (AvgIpc) is 2.53. The minimum absolute atomic E-state index is 0.0620. The van der Waals surface area contributed by atoms with E-state index in [-0.39, 0.29) is 23.3 Å². The number of nitrogens with zero attached hydrogens (tertiary/aromatic N) is 3. The maximum Gasteiger partial charge on any atom is 0.356 e. The van der Waals surface area contributed by atoms with Crippen LogP contribution in [0.4, 0.5) is 11.5 Å². The van der Waals surface area contributed by atoms with E-state index in [0.29, 0.717) is 13.1 Å². The molecule has 0 bridgehead atoms. The SMILES string of the molecule is COC(=O)c1ccc([N+](=O)[O-])c(N2CCC(OC)CC2)n1. The summed E-state index contributed by atoms with van der Waals surface area (Å²) < 4.78 is 9.88. The Bertz CT molecular complexity index is 541. The van der Waals surface area contributed by atoms with Crippen molar-refractivity contribution in [2.45, 2.75) is 18.9 Å². The highest BCUT2D eigenvalue weighted by Crippen LogP contribution is 2.29. The van der Waals surface area contributed by atoms with E-state index in [1.54, 1.807) is 12.0 Å². The molecule has 1 aliphatic rings. The molecule has 0 atom stereocenters. The molecule has 1 saturated heterocycles. The van der Waals surface area contributed by atoms with Gasteiger partial charge in [0.05, 0.1) is 18.1 Å². The molecule has 114 valence electrons. The van der Waals surface area contributed by atoms with Crippen LogP contribution in [0.1, 0.15) is 23.3 Å². The molecule has 1 aromatic heterocycles. The molecule has 8 heteroatoms. The van der Waals surface area contributed by atoms with Crippen LogP contribution in [0.25, 0.3) is 0 Å². The fourth-order valence-electron chi connectivity index (χ4n) is 2.34. The summed E-state index contributed by atoms with van der Waals surface area (Å²) in [5, 5.41) is 11.1. The fraction of sp³-hybridized carbons (Fsp3) is 0.538. The van der Waals surface area contributed by atoms with Crippen LogP contribution in [0.5, 0.6) is 0 Å². The number of hydrogen-bond acceptors (Lipinski definition) is 7. The van der Waals surface area contributed by atoms with Gasteiger partial charge in [0.1, 0.15) is 0 Å². The molecule has 0 aliphatic carbocycles. The lowest BCUT2D eigenvalue weighted by Crippen LogP contribution is -2.37. The Hall–Kier alpha value is -2.22. The zero-order valence-corrected chi connectivity index (χ0v) is 11.9. The van der Waals surface area contributed by atoms with Crippen molar-refractivity contribution in [3.8, 4) is 0 Å². The van der Waals surface area contributed by atoms with Gasteiger partial charge in [0.25, 0.3) is 0 Å². The molecule has 0 saturated carbocycles. The molecule has 2 heterocycles. The van der Waals surface area contributed by atoms with E-state index < -0.39 is 10.9 Å². The summed E-state index contributed by atoms with van der Waals surface area (Å²) >= 11 is 0. The summed E-state index contributed by atoms with van der Waals surface area (Å²) in [5.41, 5.74) is -0.0505. The van der Waals surface area contributed by atoms with Crippen LogP contribution in [0.15, 0.2) is 12.1 Å². The third-order valence-corrected chi connectivity index (χ3v) is 3.52. The third kappa shape index (κ3) is 3.27. The normalized spacial score (nSPS) is 15.8. The van der Waals surface area contributed by atoms with Gasteiger partial charge in [0.15, 0.2) is 5.69 Å². The molecule has 8 nitrogen and oxygen atoms in total. The second-order valence-corrected chi connectivity index (χ2v) is 4.71. The predicted octanol–water partition coefficient (Wildman–Crippen LogP) is 1.39. The number of rotatable bonds is 4. The molecule has 0 amide bonds. The molecule has 1 aromatic rings. The van der Waals surface area contributed by atoms with E-state index in [1.165, 1.54) is 19.2 Å². The predicted molar refractivity (Wildman–Crippen MR) is 74.5 cm³/mol. The van der Waals surface area contributed by atoms with Crippen LogP contribution in [-0.4, -0.2) is 49.3 Å². The first kappa shape index (κ1) is 15.2. The fourth-order valence-corrected chi connectivity index (χ4v) is 2.34. The highest BCUT2D eigenvalue weighted by molar-refractivity contribution is 5.88. The maximum absolute atomic E-state index is 11.5. The van der Waals surface area contributed by atoms with Gasteiger partial charge in [0.2, 0.25) is 5.82 Å². The molecule has 1 aliphatic heterocycles. The first-order valence-corrected chi connectivity index (χ1v) is 6.58. The van der Waals surface area contributed by atoms with E-state index in [2.05, 4.69) is 9.72 Å². The van der Waals surface area contributed by atoms with E-state index in [0.717, 1.165) is 12.8 Å². The number of methoxy groups -OCH3 is 2. The summed E-state index contributed by atoms with van der Waals surface area (Å²) in [7, 11) is 2.90. The monoisotopic (exact) mass is 295 g/mol. The molecule has 0 aromatic carbocycles. The third-order valence-electron chi connectivity index (χ3n) is 3.52. The number of carbonyl (C=O) groups excluding carboxylic acids is 1. The lowest BCUT2D eigenvalue weighted by molar-refractivity contribution is -0.384. The molecular formula is C13H17N3O5. The lowest BCUT2D eigenvalue weighted by Gasteiger charge is -2.31. The lowest BCUT2D eigenvalue weighted by atomic mass is 10.1. The van der Waals surface area contributed by atoms with Crippen molar-refractivity contribution in [3.63, 3.8) is 0 Å². The van der Waals surface area contributed by atoms with Gasteiger partial charge < -0.3 is 14.4 Å². The maximum atomic E-state index is 11.5. The Balaban J connectivity index is 2.31. The molecule has 0 spiro atoms. The largest absolute Gasteiger partial charge is 0.464 e. The van der Waals surface area contributed by atoms with Crippen molar-refractivity contribution in [1.82, 2.24) is 4.98 Å². The van der Waals surface area contributed by atoms with Crippen molar-refractivity contribution in [2.75, 3.05) is 32.2 Å². The second kappa shape index (κ2) is 6.49. The first-order valence-electron chi connectivity index (χ1n) is 6.58. The van der Waals surface area contributed by atoms with Gasteiger partial charge in [-0.2, -0.15) is 0 Å². The number of aromatic nitrogens is 1. The van der Waals surface area contributed by atoms with Gasteiger partial charge in [0, 0.05) is 26.3 Å². The van der Waals surface area contributed by atoms with Gasteiger partial charge in [-0.1, -0.05) is 0 Å². The number of anilines is 1.